The molecule has 0 saturated carbocycles. The molecule has 0 spiro atoms. The molecule has 0 aliphatic carbocycles. The Kier molecular flexibility index (Phi) is 5.99. The van der Waals surface area contributed by atoms with Crippen LogP contribution in [0.4, 0.5) is 0 Å². The quantitative estimate of drug-likeness (QED) is 0.319. The summed E-state index contributed by atoms with van der Waals surface area (Å²) in [5.74, 6) is 0. The summed E-state index contributed by atoms with van der Waals surface area (Å²) < 4.78 is 35.0. The zero-order chi connectivity index (χ0) is 22.9. The highest BCUT2D eigenvalue weighted by atomic mass is 32.3. The van der Waals surface area contributed by atoms with Crippen LogP contribution in [-0.4, -0.2) is 13.0 Å². The molecule has 0 atom stereocenters. The van der Waals surface area contributed by atoms with Crippen molar-refractivity contribution in [3.8, 4) is 0 Å². The highest BCUT2D eigenvalue weighted by Gasteiger charge is 2.37. The predicted octanol–water partition coefficient (Wildman–Crippen LogP) is 7.20. The Labute approximate surface area is 191 Å². The molecule has 0 saturated heterocycles. The first kappa shape index (κ1) is 22.3. The molecule has 4 aromatic rings. The minimum atomic E-state index is -4.40. The maximum atomic E-state index is 12.4. The van der Waals surface area contributed by atoms with Gasteiger partial charge in [0, 0.05) is 19.6 Å². The summed E-state index contributed by atoms with van der Waals surface area (Å²) in [6, 6.07) is 32.6. The number of aryl methyl sites for hydroxylation is 2. The Bertz CT molecular complexity index is 1250. The highest BCUT2D eigenvalue weighted by Crippen LogP contribution is 2.75. The summed E-state index contributed by atoms with van der Waals surface area (Å²) in [6.07, 6.45) is 0. The summed E-state index contributed by atoms with van der Waals surface area (Å²) in [6.45, 7) is 5.58. The summed E-state index contributed by atoms with van der Waals surface area (Å²) >= 11 is 0. The van der Waals surface area contributed by atoms with Gasteiger partial charge in [0.05, 0.1) is 0 Å². The zero-order valence-electron chi connectivity index (χ0n) is 18.3. The number of rotatable bonds is 5. The van der Waals surface area contributed by atoms with Gasteiger partial charge in [-0.3, -0.25) is 4.55 Å². The van der Waals surface area contributed by atoms with Gasteiger partial charge in [0.25, 0.3) is 10.1 Å². The van der Waals surface area contributed by atoms with E-state index in [2.05, 4.69) is 36.4 Å². The van der Waals surface area contributed by atoms with Crippen molar-refractivity contribution in [1.29, 1.82) is 0 Å². The Balaban J connectivity index is 2.28. The van der Waals surface area contributed by atoms with E-state index < -0.39 is 20.1 Å². The van der Waals surface area contributed by atoms with Crippen molar-refractivity contribution in [2.45, 2.75) is 45.2 Å². The van der Waals surface area contributed by atoms with Crippen LogP contribution in [0.2, 0.25) is 0 Å². The Morgan fingerprint density at radius 2 is 0.906 bits per heavy atom. The van der Waals surface area contributed by atoms with E-state index >= 15 is 0 Å². The standard InChI is InChI=1S/C27H26O3S2/c1-20-19-21(2)27(32(28,29)30)22(3)26(20)31(23-13-7-4-8-14-23,24-15-9-5-10-16-24)25-17-11-6-12-18-25/h4-19H,1-3H3,(H,28,29,30). The topological polar surface area (TPSA) is 54.4 Å². The fraction of sp³-hybridized carbons (Fsp3) is 0.111. The molecule has 3 nitrogen and oxygen atoms in total. The molecule has 164 valence electrons. The second kappa shape index (κ2) is 8.58. The first-order chi connectivity index (χ1) is 15.3. The lowest BCUT2D eigenvalue weighted by Crippen LogP contribution is -2.13. The average molecular weight is 463 g/mol. The van der Waals surface area contributed by atoms with Gasteiger partial charge in [0.15, 0.2) is 0 Å². The summed E-state index contributed by atoms with van der Waals surface area (Å²) in [5, 5.41) is 0. The van der Waals surface area contributed by atoms with Crippen molar-refractivity contribution >= 4 is 20.1 Å². The van der Waals surface area contributed by atoms with E-state index in [1.807, 2.05) is 74.5 Å². The van der Waals surface area contributed by atoms with Crippen molar-refractivity contribution in [3.63, 3.8) is 0 Å². The molecule has 0 aliphatic heterocycles. The SMILES string of the molecule is Cc1cc(C)c(S(=O)(=O)O)c(C)c1S(c1ccccc1)(c1ccccc1)c1ccccc1. The van der Waals surface area contributed by atoms with Crippen LogP contribution in [0.15, 0.2) is 122 Å². The first-order valence-electron chi connectivity index (χ1n) is 10.3. The molecule has 0 bridgehead atoms. The summed E-state index contributed by atoms with van der Waals surface area (Å²) in [4.78, 5) is 4.26. The van der Waals surface area contributed by atoms with Crippen LogP contribution < -0.4 is 0 Å². The van der Waals surface area contributed by atoms with Crippen LogP contribution in [0.5, 0.6) is 0 Å². The number of benzene rings is 4. The van der Waals surface area contributed by atoms with E-state index in [9.17, 15) is 13.0 Å². The predicted molar refractivity (Wildman–Crippen MR) is 130 cm³/mol. The van der Waals surface area contributed by atoms with E-state index in [-0.39, 0.29) is 4.90 Å². The third-order valence-corrected chi connectivity index (χ3v) is 11.0. The molecular weight excluding hydrogens is 436 g/mol. The fourth-order valence-corrected chi connectivity index (χ4v) is 10.00. The molecule has 0 unspecified atom stereocenters. The molecule has 4 aromatic carbocycles. The van der Waals surface area contributed by atoms with Gasteiger partial charge >= 0.3 is 0 Å². The van der Waals surface area contributed by atoms with Gasteiger partial charge in [-0.1, -0.05) is 60.7 Å². The minimum Gasteiger partial charge on any atom is -0.282 e. The van der Waals surface area contributed by atoms with Crippen LogP contribution in [-0.2, 0) is 10.1 Å². The first-order valence-corrected chi connectivity index (χ1v) is 13.4. The van der Waals surface area contributed by atoms with Crippen LogP contribution in [0.25, 0.3) is 0 Å². The molecule has 0 aliphatic rings. The fourth-order valence-electron chi connectivity index (χ4n) is 4.65. The minimum absolute atomic E-state index is 0.00207. The van der Waals surface area contributed by atoms with Gasteiger partial charge < -0.3 is 0 Å². The molecule has 0 amide bonds. The van der Waals surface area contributed by atoms with Gasteiger partial charge in [-0.25, -0.2) is 0 Å². The van der Waals surface area contributed by atoms with Gasteiger partial charge in [0.1, 0.15) is 4.90 Å². The molecule has 4 rings (SSSR count). The molecule has 0 fully saturated rings. The maximum absolute atomic E-state index is 12.4. The van der Waals surface area contributed by atoms with Crippen LogP contribution in [0, 0.1) is 20.8 Å². The lowest BCUT2D eigenvalue weighted by molar-refractivity contribution is 0.481. The Morgan fingerprint density at radius 3 is 1.25 bits per heavy atom. The van der Waals surface area contributed by atoms with Crippen LogP contribution in [0.3, 0.4) is 0 Å². The van der Waals surface area contributed by atoms with E-state index in [4.69, 9.17) is 0 Å². The molecule has 1 N–H and O–H groups in total. The maximum Gasteiger partial charge on any atom is 0.295 e. The third kappa shape index (κ3) is 3.66. The Hall–Kier alpha value is -2.86. The number of hydrogen-bond donors (Lipinski definition) is 1. The second-order valence-electron chi connectivity index (χ2n) is 7.82. The van der Waals surface area contributed by atoms with Gasteiger partial charge in [-0.05, 0) is 73.9 Å². The van der Waals surface area contributed by atoms with Crippen molar-refractivity contribution in [1.82, 2.24) is 0 Å². The van der Waals surface area contributed by atoms with Crippen molar-refractivity contribution in [2.75, 3.05) is 0 Å². The molecule has 32 heavy (non-hydrogen) atoms. The lowest BCUT2D eigenvalue weighted by atomic mass is 10.1. The number of hydrogen-bond acceptors (Lipinski definition) is 2. The molecular formula is C27H26O3S2. The van der Waals surface area contributed by atoms with E-state index in [1.54, 1.807) is 6.92 Å². The average Bonchev–Trinajstić information content (AvgIpc) is 2.77. The van der Waals surface area contributed by atoms with Crippen molar-refractivity contribution < 1.29 is 13.0 Å². The zero-order valence-corrected chi connectivity index (χ0v) is 20.0. The third-order valence-electron chi connectivity index (χ3n) is 5.68. The van der Waals surface area contributed by atoms with E-state index in [0.717, 1.165) is 25.1 Å². The normalized spacial score (nSPS) is 12.5. The van der Waals surface area contributed by atoms with Crippen LogP contribution in [0.1, 0.15) is 16.7 Å². The van der Waals surface area contributed by atoms with Crippen LogP contribution >= 0.6 is 10.0 Å². The van der Waals surface area contributed by atoms with Crippen molar-refractivity contribution in [2.24, 2.45) is 0 Å². The molecule has 0 aromatic heterocycles. The van der Waals surface area contributed by atoms with Gasteiger partial charge in [-0.15, -0.1) is 10.0 Å². The molecule has 5 heteroatoms. The van der Waals surface area contributed by atoms with E-state index in [1.165, 1.54) is 0 Å². The van der Waals surface area contributed by atoms with Gasteiger partial charge in [-0.2, -0.15) is 8.42 Å². The summed E-state index contributed by atoms with van der Waals surface area (Å²) in [7, 11) is -6.44. The smallest absolute Gasteiger partial charge is 0.282 e. The van der Waals surface area contributed by atoms with E-state index in [0.29, 0.717) is 11.1 Å². The van der Waals surface area contributed by atoms with Crippen molar-refractivity contribution in [3.05, 3.63) is 114 Å². The lowest BCUT2D eigenvalue weighted by Gasteiger charge is -2.44. The van der Waals surface area contributed by atoms with Gasteiger partial charge in [0.2, 0.25) is 0 Å². The summed E-state index contributed by atoms with van der Waals surface area (Å²) in [5.41, 5.74) is 2.14. The molecule has 0 heterocycles. The highest BCUT2D eigenvalue weighted by molar-refractivity contribution is 8.34. The monoisotopic (exact) mass is 462 g/mol. The largest absolute Gasteiger partial charge is 0.295 e. The Morgan fingerprint density at radius 1 is 0.562 bits per heavy atom. The second-order valence-corrected chi connectivity index (χ2v) is 12.2. The molecule has 0 radical (unpaired) electrons.